The molecule has 2 N–H and O–H groups in total. The van der Waals surface area contributed by atoms with Crippen LogP contribution in [0.1, 0.15) is 142 Å². The van der Waals surface area contributed by atoms with E-state index in [2.05, 4.69) is 107 Å². The van der Waals surface area contributed by atoms with Crippen molar-refractivity contribution in [2.45, 2.75) is 143 Å². The minimum atomic E-state index is -0.179. The maximum absolute atomic E-state index is 11.2. The molecule has 6 heteroatoms. The van der Waals surface area contributed by atoms with Crippen LogP contribution in [0.15, 0.2) is 34.3 Å². The zero-order chi connectivity index (χ0) is 30.3. The van der Waals surface area contributed by atoms with Gasteiger partial charge in [0.2, 0.25) is 0 Å². The number of hydrogen-bond acceptors (Lipinski definition) is 4. The van der Waals surface area contributed by atoms with Crippen LogP contribution in [0.5, 0.6) is 11.5 Å². The van der Waals surface area contributed by atoms with E-state index >= 15 is 0 Å². The third-order valence-corrected chi connectivity index (χ3v) is 8.13. The quantitative estimate of drug-likeness (QED) is 0.226. The summed E-state index contributed by atoms with van der Waals surface area (Å²) in [6.45, 7) is 26.0. The largest absolute Gasteiger partial charge is 1.00 e. The Morgan fingerprint density at radius 3 is 1.14 bits per heavy atom. The summed E-state index contributed by atoms with van der Waals surface area (Å²) >= 11 is 0. The molecule has 1 aliphatic carbocycles. The first-order chi connectivity index (χ1) is 18.2. The van der Waals surface area contributed by atoms with Gasteiger partial charge in [-0.1, -0.05) is 108 Å². The maximum Gasteiger partial charge on any atom is 0.128 e. The number of hydrogen-bond donors (Lipinski definition) is 2. The van der Waals surface area contributed by atoms with Gasteiger partial charge < -0.3 is 34.2 Å². The molecule has 1 radical (unpaired) electrons. The summed E-state index contributed by atoms with van der Waals surface area (Å²) in [7, 11) is 0. The van der Waals surface area contributed by atoms with E-state index < -0.39 is 0 Å². The summed E-state index contributed by atoms with van der Waals surface area (Å²) in [4.78, 5) is 10.1. The molecular weight excluding hydrogens is 674 g/mol. The fourth-order valence-corrected chi connectivity index (χ4v) is 5.31. The van der Waals surface area contributed by atoms with E-state index in [0.29, 0.717) is 11.5 Å². The average molecular weight is 729 g/mol. The summed E-state index contributed by atoms with van der Waals surface area (Å²) < 4.78 is 0. The van der Waals surface area contributed by atoms with Crippen molar-refractivity contribution >= 4 is 12.4 Å². The van der Waals surface area contributed by atoms with Crippen molar-refractivity contribution in [2.24, 2.45) is 9.98 Å². The SMILES string of the molecule is CC(C)(C)c1cc(C=N[C@@H]2CCCC[C@H]2N=Cc2cc(C(C)(C)C)cc(C(C)(C)C)c2O)c(O)c(C(C)(C)C)c1.[I-].[Mn]. The van der Waals surface area contributed by atoms with Crippen molar-refractivity contribution in [3.8, 4) is 11.5 Å². The second-order valence-electron chi connectivity index (χ2n) is 15.9. The number of phenolic OH excluding ortho intramolecular Hbond substituents is 2. The molecule has 0 bridgehead atoms. The van der Waals surface area contributed by atoms with Crippen LogP contribution in [0.25, 0.3) is 0 Å². The third kappa shape index (κ3) is 9.56. The van der Waals surface area contributed by atoms with Crippen LogP contribution in [-0.4, -0.2) is 34.7 Å². The van der Waals surface area contributed by atoms with Gasteiger partial charge in [0.1, 0.15) is 11.5 Å². The van der Waals surface area contributed by atoms with Gasteiger partial charge >= 0.3 is 0 Å². The first-order valence-corrected chi connectivity index (χ1v) is 15.0. The first-order valence-electron chi connectivity index (χ1n) is 15.0. The second-order valence-corrected chi connectivity index (χ2v) is 15.9. The Morgan fingerprint density at radius 1 is 0.571 bits per heavy atom. The zero-order valence-electron chi connectivity index (χ0n) is 28.0. The number of rotatable bonds is 4. The molecule has 3 rings (SSSR count). The Bertz CT molecular complexity index is 1170. The predicted octanol–water partition coefficient (Wildman–Crippen LogP) is 6.14. The normalized spacial score (nSPS) is 18.7. The number of benzene rings is 2. The Balaban J connectivity index is 0.00000441. The van der Waals surface area contributed by atoms with Gasteiger partial charge in [0, 0.05) is 51.8 Å². The summed E-state index contributed by atoms with van der Waals surface area (Å²) in [5.41, 5.74) is 5.39. The number of halogens is 1. The van der Waals surface area contributed by atoms with Gasteiger partial charge in [-0.05, 0) is 57.8 Å². The van der Waals surface area contributed by atoms with Crippen molar-refractivity contribution in [2.75, 3.05) is 0 Å². The van der Waals surface area contributed by atoms with Crippen molar-refractivity contribution in [1.29, 1.82) is 0 Å². The molecule has 0 heterocycles. The van der Waals surface area contributed by atoms with Crippen molar-refractivity contribution in [3.63, 3.8) is 0 Å². The molecule has 1 saturated carbocycles. The standard InChI is InChI=1S/C36H54N2O2.HI.Mn/c1-33(2,3)25-17-23(31(39)27(19-25)35(7,8)9)21-37-29-15-13-14-16-30(29)38-22-24-18-26(34(4,5)6)20-28(32(24)40)36(10,11)12;;/h17-22,29-30,39-40H,13-16H2,1-12H3;1H;/p-1/t29-,30-;;/m1../s1. The molecule has 2 aromatic carbocycles. The van der Waals surface area contributed by atoms with Gasteiger partial charge in [0.15, 0.2) is 0 Å². The van der Waals surface area contributed by atoms with Crippen molar-refractivity contribution < 1.29 is 51.3 Å². The average Bonchev–Trinajstić information content (AvgIpc) is 2.80. The van der Waals surface area contributed by atoms with E-state index in [1.54, 1.807) is 0 Å². The van der Waals surface area contributed by atoms with Crippen LogP contribution >= 0.6 is 0 Å². The number of nitrogens with zero attached hydrogens (tertiary/aromatic N) is 2. The van der Waals surface area contributed by atoms with Gasteiger partial charge in [-0.15, -0.1) is 0 Å². The summed E-state index contributed by atoms with van der Waals surface area (Å²) in [5.74, 6) is 0.637. The van der Waals surface area contributed by atoms with E-state index in [0.717, 1.165) is 47.9 Å². The predicted molar refractivity (Wildman–Crippen MR) is 172 cm³/mol. The molecule has 4 nitrogen and oxygen atoms in total. The van der Waals surface area contributed by atoms with Gasteiger partial charge in [-0.25, -0.2) is 0 Å². The minimum absolute atomic E-state index is 0. The van der Waals surface area contributed by atoms with Crippen LogP contribution in [0.3, 0.4) is 0 Å². The molecule has 0 amide bonds. The molecule has 235 valence electrons. The maximum atomic E-state index is 11.2. The van der Waals surface area contributed by atoms with Gasteiger partial charge in [0.25, 0.3) is 0 Å². The Kier molecular flexibility index (Phi) is 13.0. The molecule has 2 aromatic rings. The Hall–Kier alpha value is -1.37. The molecule has 1 fully saturated rings. The van der Waals surface area contributed by atoms with Crippen LogP contribution in [-0.2, 0) is 38.7 Å². The Morgan fingerprint density at radius 2 is 0.881 bits per heavy atom. The molecule has 0 aliphatic heterocycles. The van der Waals surface area contributed by atoms with Crippen LogP contribution < -0.4 is 24.0 Å². The van der Waals surface area contributed by atoms with Gasteiger partial charge in [-0.3, -0.25) is 9.98 Å². The van der Waals surface area contributed by atoms with Gasteiger partial charge in [0.05, 0.1) is 12.1 Å². The van der Waals surface area contributed by atoms with Crippen molar-refractivity contribution in [1.82, 2.24) is 0 Å². The number of aliphatic imine (C=N–C) groups is 2. The summed E-state index contributed by atoms with van der Waals surface area (Å²) in [5, 5.41) is 22.5. The summed E-state index contributed by atoms with van der Waals surface area (Å²) in [6.07, 6.45) is 7.90. The van der Waals surface area contributed by atoms with Crippen LogP contribution in [0.2, 0.25) is 0 Å². The third-order valence-electron chi connectivity index (χ3n) is 8.13. The van der Waals surface area contributed by atoms with E-state index in [-0.39, 0.29) is 74.8 Å². The molecule has 0 unspecified atom stereocenters. The first kappa shape index (κ1) is 38.7. The molecule has 2 atom stereocenters. The number of phenols is 2. The van der Waals surface area contributed by atoms with E-state index in [1.807, 2.05) is 12.4 Å². The van der Waals surface area contributed by atoms with Crippen molar-refractivity contribution in [3.05, 3.63) is 57.6 Å². The topological polar surface area (TPSA) is 65.2 Å². The molecule has 0 aromatic heterocycles. The van der Waals surface area contributed by atoms with E-state index in [4.69, 9.17) is 9.98 Å². The fourth-order valence-electron chi connectivity index (χ4n) is 5.31. The number of aromatic hydroxyl groups is 2. The minimum Gasteiger partial charge on any atom is -1.00 e. The van der Waals surface area contributed by atoms with E-state index in [9.17, 15) is 10.2 Å². The monoisotopic (exact) mass is 728 g/mol. The fraction of sp³-hybridized carbons (Fsp3) is 0.611. The summed E-state index contributed by atoms with van der Waals surface area (Å²) in [6, 6.07) is 8.53. The molecule has 42 heavy (non-hydrogen) atoms. The smallest absolute Gasteiger partial charge is 0.128 e. The Labute approximate surface area is 283 Å². The molecular formula is C36H54IMnN2O2-. The molecule has 0 spiro atoms. The van der Waals surface area contributed by atoms with Crippen LogP contribution in [0.4, 0.5) is 0 Å². The van der Waals surface area contributed by atoms with E-state index in [1.165, 1.54) is 11.1 Å². The molecule has 1 aliphatic rings. The molecule has 0 saturated heterocycles. The second kappa shape index (κ2) is 14.2. The zero-order valence-corrected chi connectivity index (χ0v) is 31.3. The van der Waals surface area contributed by atoms with Crippen LogP contribution in [0, 0.1) is 0 Å². The van der Waals surface area contributed by atoms with Gasteiger partial charge in [-0.2, -0.15) is 0 Å².